The second kappa shape index (κ2) is 27.4. The zero-order valence-electron chi connectivity index (χ0n) is 45.5. The van der Waals surface area contributed by atoms with Crippen LogP contribution in [-0.4, -0.2) is 129 Å². The van der Waals surface area contributed by atoms with Crippen LogP contribution in [0.5, 0.6) is 23.0 Å². The van der Waals surface area contributed by atoms with E-state index in [1.54, 1.807) is 36.7 Å². The number of methoxy groups -OCH3 is 2. The van der Waals surface area contributed by atoms with Gasteiger partial charge in [0.2, 0.25) is 0 Å². The molecule has 7 N–H and O–H groups in total. The number of carbonyl (C=O) groups is 6. The van der Waals surface area contributed by atoms with Gasteiger partial charge < -0.3 is 50.8 Å². The van der Waals surface area contributed by atoms with Crippen LogP contribution >= 0.6 is 0 Å². The van der Waals surface area contributed by atoms with Crippen molar-refractivity contribution in [2.45, 2.75) is 64.8 Å². The normalized spacial score (nSPS) is 16.6. The van der Waals surface area contributed by atoms with Crippen molar-refractivity contribution in [3.05, 3.63) is 183 Å². The number of halogens is 2. The number of aromatic nitrogens is 2. The van der Waals surface area contributed by atoms with Crippen molar-refractivity contribution in [3.8, 4) is 23.0 Å². The Morgan fingerprint density at radius 3 is 1.37 bits per heavy atom. The molecule has 10 rings (SSSR count). The molecular formula is C62H65F2N9O10. The van der Waals surface area contributed by atoms with E-state index in [0.29, 0.717) is 81.0 Å². The average Bonchev–Trinajstić information content (AvgIpc) is 4.52. The highest BCUT2D eigenvalue weighted by Gasteiger charge is 2.33. The summed E-state index contributed by atoms with van der Waals surface area (Å²) in [6.07, 6.45) is 4.79. The molecule has 19 nitrogen and oxygen atoms in total. The van der Waals surface area contributed by atoms with Crippen LogP contribution in [0.3, 0.4) is 0 Å². The Balaban J connectivity index is 0.000000214. The van der Waals surface area contributed by atoms with Gasteiger partial charge in [-0.1, -0.05) is 51.6 Å². The number of hydrogen-bond donors (Lipinski definition) is 7. The number of amides is 4. The number of benzene rings is 6. The molecule has 0 saturated carbocycles. The summed E-state index contributed by atoms with van der Waals surface area (Å²) >= 11 is 0. The molecule has 7 aromatic rings. The Bertz CT molecular complexity index is 3560. The lowest BCUT2D eigenvalue weighted by Crippen LogP contribution is -2.51. The number of nitrogens with one attached hydrogen (secondary N) is 7. The molecule has 6 aromatic carbocycles. The lowest BCUT2D eigenvalue weighted by atomic mass is 9.99. The third-order valence-electron chi connectivity index (χ3n) is 14.1. The Morgan fingerprint density at radius 1 is 0.530 bits per heavy atom. The standard InChI is InChI=1S/C31H31FN4O5.C30H30FN5O5.CH4/c1-3-12-41-25-10-11-26(40-2)28(32)27(25)29(37)18-4-6-19(7-5-18)30(38)35-23-16-34-17-24(23)36-31(39)20-8-9-21-14-33-15-22(21)13-20;1-3-12-41-24-10-11-25(40-2)27(31)26(24)28(37)17-4-6-18(7-5-17)29(38)34-22-15-32-16-23(22)35-30(39)19-8-9-21-20(13-19)14-33-36-21;/h4-11,13,15,23-24,34H,3,12,14,16-17H2,1-2H3,(H,35,38)(H,36,39);4-11,13-14,22-23,32H,3,12,15-16H2,1-2H3,(H,33,36)(H,34,38)(H,35,39);1H4/t23-,24-;22-,23-;/m11./s1/i2-1;31-1;. The highest BCUT2D eigenvalue weighted by Crippen LogP contribution is 2.33. The molecular weight excluding hydrogens is 1070 g/mol. The summed E-state index contributed by atoms with van der Waals surface area (Å²) in [6, 6.07) is 27.2. The molecule has 83 heavy (non-hydrogen) atoms. The third kappa shape index (κ3) is 13.7. The highest BCUT2D eigenvalue weighted by molar-refractivity contribution is 6.12. The number of aliphatic imine (C=N–C) groups is 1. The molecule has 21 heteroatoms. The van der Waals surface area contributed by atoms with E-state index in [-0.39, 0.29) is 100 Å². The van der Waals surface area contributed by atoms with Gasteiger partial charge in [-0.25, -0.2) is 8.78 Å². The van der Waals surface area contributed by atoms with Gasteiger partial charge in [-0.2, -0.15) is 5.10 Å². The first-order valence-electron chi connectivity index (χ1n) is 26.8. The van der Waals surface area contributed by atoms with Crippen LogP contribution in [0, 0.1) is 11.6 Å². The summed E-state index contributed by atoms with van der Waals surface area (Å²) in [5.74, 6) is -3.85. The predicted molar refractivity (Wildman–Crippen MR) is 309 cm³/mol. The van der Waals surface area contributed by atoms with Crippen LogP contribution in [0.15, 0.2) is 120 Å². The van der Waals surface area contributed by atoms with E-state index in [9.17, 15) is 28.8 Å². The van der Waals surface area contributed by atoms with Gasteiger partial charge in [-0.3, -0.25) is 38.9 Å². The Hall–Kier alpha value is -9.34. The maximum Gasteiger partial charge on any atom is 0.251 e. The highest BCUT2D eigenvalue weighted by atomic mass is 19.1. The number of hydrogen-bond acceptors (Lipinski definition) is 14. The van der Waals surface area contributed by atoms with Crippen molar-refractivity contribution >= 4 is 52.3 Å². The number of ketones is 2. The fourth-order valence-corrected chi connectivity index (χ4v) is 9.61. The molecule has 4 amide bonds. The first-order valence-corrected chi connectivity index (χ1v) is 26.8. The summed E-state index contributed by atoms with van der Waals surface area (Å²) in [6.45, 7) is 7.05. The number of aromatic amines is 1. The molecule has 3 aliphatic heterocycles. The molecule has 1 aromatic heterocycles. The van der Waals surface area contributed by atoms with E-state index in [0.717, 1.165) is 22.0 Å². The van der Waals surface area contributed by atoms with Gasteiger partial charge >= 0.3 is 0 Å². The van der Waals surface area contributed by atoms with Gasteiger partial charge in [0.15, 0.2) is 34.7 Å². The maximum atomic E-state index is 15.1. The van der Waals surface area contributed by atoms with Crippen molar-refractivity contribution in [1.82, 2.24) is 42.1 Å². The van der Waals surface area contributed by atoms with E-state index in [4.69, 9.17) is 18.9 Å². The number of carbonyl (C=O) groups excluding carboxylic acids is 6. The van der Waals surface area contributed by atoms with Gasteiger partial charge in [-0.05, 0) is 103 Å². The summed E-state index contributed by atoms with van der Waals surface area (Å²) in [4.78, 5) is 82.6. The molecule has 0 spiro atoms. The minimum absolute atomic E-state index is 0. The summed E-state index contributed by atoms with van der Waals surface area (Å²) in [5, 5.41) is 26.0. The predicted octanol–water partition coefficient (Wildman–Crippen LogP) is 7.15. The lowest BCUT2D eigenvalue weighted by Gasteiger charge is -2.21. The van der Waals surface area contributed by atoms with Crippen molar-refractivity contribution < 1.29 is 56.5 Å². The molecule has 0 bridgehead atoms. The number of nitrogens with zero attached hydrogens (tertiary/aromatic N) is 2. The minimum Gasteiger partial charge on any atom is -0.494 e. The summed E-state index contributed by atoms with van der Waals surface area (Å²) in [7, 11) is 2.65. The number of H-pyrrole nitrogens is 1. The molecule has 0 aliphatic carbocycles. The van der Waals surface area contributed by atoms with E-state index >= 15 is 8.78 Å². The van der Waals surface area contributed by atoms with Gasteiger partial charge in [0, 0.05) is 71.2 Å². The van der Waals surface area contributed by atoms with Gasteiger partial charge in [0.1, 0.15) is 22.6 Å². The van der Waals surface area contributed by atoms with Crippen molar-refractivity contribution in [3.63, 3.8) is 0 Å². The van der Waals surface area contributed by atoms with Crippen LogP contribution in [-0.2, 0) is 6.54 Å². The van der Waals surface area contributed by atoms with Gasteiger partial charge in [-0.15, -0.1) is 0 Å². The topological polar surface area (TPSA) is 253 Å². The van der Waals surface area contributed by atoms with Crippen LogP contribution in [0.2, 0.25) is 0 Å². The van der Waals surface area contributed by atoms with E-state index in [1.165, 1.54) is 87.0 Å². The first kappa shape index (κ1) is 59.8. The van der Waals surface area contributed by atoms with E-state index in [2.05, 4.69) is 47.1 Å². The fourth-order valence-electron chi connectivity index (χ4n) is 9.61. The quantitative estimate of drug-likeness (QED) is 0.0375. The molecule has 432 valence electrons. The van der Waals surface area contributed by atoms with Gasteiger partial charge in [0.25, 0.3) is 23.6 Å². The molecule has 3 aliphatic rings. The Morgan fingerprint density at radius 2 is 0.928 bits per heavy atom. The average molecular weight is 1130 g/mol. The molecule has 0 radical (unpaired) electrons. The zero-order chi connectivity index (χ0) is 57.9. The van der Waals surface area contributed by atoms with Crippen molar-refractivity contribution in [2.24, 2.45) is 4.99 Å². The second-order valence-corrected chi connectivity index (χ2v) is 19.6. The molecule has 4 heterocycles. The van der Waals surface area contributed by atoms with Crippen LogP contribution in [0.25, 0.3) is 10.9 Å². The van der Waals surface area contributed by atoms with Crippen LogP contribution in [0.1, 0.15) is 119 Å². The van der Waals surface area contributed by atoms with E-state index < -0.39 is 23.2 Å². The SMILES string of the molecule is C.CCCOc1ccc(OC)c([18F])c1C(=O)c1ccc(C(=O)N[C@@H]2CNC[C@H]2NC(=O)c2ccc3[nH]ncc3c2)cc1.CCCOc1ccc(O[11CH3])c(F)c1C(=O)c1ccc(C(=O)N[C@@H]2CNC[C@H]2NC(=O)c2ccc3c(c2)C=NC3)cc1. The Labute approximate surface area is 478 Å². The van der Waals surface area contributed by atoms with Crippen LogP contribution < -0.4 is 50.8 Å². The molecule has 2 fully saturated rings. The maximum absolute atomic E-state index is 15.1. The third-order valence-corrected chi connectivity index (χ3v) is 14.1. The van der Waals surface area contributed by atoms with Crippen LogP contribution in [0.4, 0.5) is 8.78 Å². The van der Waals surface area contributed by atoms with E-state index in [1.807, 2.05) is 26.0 Å². The fraction of sp³-hybridized carbons (Fsp3) is 0.290. The second-order valence-electron chi connectivity index (χ2n) is 19.6. The largest absolute Gasteiger partial charge is 0.494 e. The molecule has 0 unspecified atom stereocenters. The molecule has 2 saturated heterocycles. The lowest BCUT2D eigenvalue weighted by molar-refractivity contribution is 0.0896. The molecule has 4 atom stereocenters. The van der Waals surface area contributed by atoms with Crippen molar-refractivity contribution in [1.29, 1.82) is 0 Å². The zero-order valence-corrected chi connectivity index (χ0v) is 45.5. The number of fused-ring (bicyclic) bond motifs is 2. The minimum atomic E-state index is -0.806. The summed E-state index contributed by atoms with van der Waals surface area (Å²) in [5.41, 5.74) is 4.46. The Kier molecular flexibility index (Phi) is 19.7. The smallest absolute Gasteiger partial charge is 0.251 e. The van der Waals surface area contributed by atoms with Crippen molar-refractivity contribution in [2.75, 3.05) is 53.6 Å². The first-order chi connectivity index (χ1) is 39.8. The summed E-state index contributed by atoms with van der Waals surface area (Å²) < 4.78 is 51.5. The number of rotatable bonds is 20. The number of ether oxygens (including phenoxy) is 4. The monoisotopic (exact) mass is 1130 g/mol. The van der Waals surface area contributed by atoms with Gasteiger partial charge in [0.05, 0.1) is 69.9 Å².